The number of likely N-dealkylation sites (tertiary alicyclic amines) is 1. The number of aryl methyl sites for hydroxylation is 2. The van der Waals surface area contributed by atoms with Gasteiger partial charge >= 0.3 is 6.03 Å². The standard InChI is InChI=1S/C19H21ClN2O/c1-13-5-10-17(12-14(13)2)21-19(23)22-11-3-4-18(22)15-6-8-16(20)9-7-15/h5-10,12,18H,3-4,11H2,1-2H3,(H,21,23). The zero-order valence-corrected chi connectivity index (χ0v) is 14.2. The van der Waals surface area contributed by atoms with Gasteiger partial charge < -0.3 is 10.2 Å². The molecule has 1 aliphatic rings. The SMILES string of the molecule is Cc1ccc(NC(=O)N2CCCC2c2ccc(Cl)cc2)cc1C. The number of nitrogens with zero attached hydrogens (tertiary/aromatic N) is 1. The van der Waals surface area contributed by atoms with Gasteiger partial charge in [-0.3, -0.25) is 0 Å². The zero-order valence-electron chi connectivity index (χ0n) is 13.5. The molecule has 2 aromatic carbocycles. The summed E-state index contributed by atoms with van der Waals surface area (Å²) in [7, 11) is 0. The Morgan fingerprint density at radius 1 is 1.13 bits per heavy atom. The van der Waals surface area contributed by atoms with Crippen LogP contribution >= 0.6 is 11.6 Å². The predicted octanol–water partition coefficient (Wildman–Crippen LogP) is 5.33. The number of hydrogen-bond acceptors (Lipinski definition) is 1. The van der Waals surface area contributed by atoms with Crippen molar-refractivity contribution < 1.29 is 4.79 Å². The molecule has 2 aromatic rings. The molecule has 1 saturated heterocycles. The lowest BCUT2D eigenvalue weighted by Gasteiger charge is -2.25. The van der Waals surface area contributed by atoms with Crippen LogP contribution in [0, 0.1) is 13.8 Å². The van der Waals surface area contributed by atoms with Gasteiger partial charge in [-0.1, -0.05) is 29.8 Å². The summed E-state index contributed by atoms with van der Waals surface area (Å²) in [4.78, 5) is 14.6. The van der Waals surface area contributed by atoms with Crippen molar-refractivity contribution in [3.63, 3.8) is 0 Å². The molecule has 0 aromatic heterocycles. The third-order valence-electron chi connectivity index (χ3n) is 4.53. The summed E-state index contributed by atoms with van der Waals surface area (Å²) in [5, 5.41) is 3.74. The second kappa shape index (κ2) is 6.63. The number of anilines is 1. The lowest BCUT2D eigenvalue weighted by atomic mass is 10.1. The van der Waals surface area contributed by atoms with Crippen molar-refractivity contribution in [1.82, 2.24) is 4.90 Å². The number of carbonyl (C=O) groups is 1. The lowest BCUT2D eigenvalue weighted by Crippen LogP contribution is -2.34. The summed E-state index contributed by atoms with van der Waals surface area (Å²) in [6.07, 6.45) is 2.01. The highest BCUT2D eigenvalue weighted by Gasteiger charge is 2.29. The van der Waals surface area contributed by atoms with Gasteiger partial charge in [-0.05, 0) is 67.6 Å². The van der Waals surface area contributed by atoms with Crippen molar-refractivity contribution in [3.05, 3.63) is 64.2 Å². The Labute approximate surface area is 142 Å². The number of urea groups is 1. The van der Waals surface area contributed by atoms with Crippen molar-refractivity contribution in [2.45, 2.75) is 32.7 Å². The minimum Gasteiger partial charge on any atom is -0.317 e. The lowest BCUT2D eigenvalue weighted by molar-refractivity contribution is 0.207. The Bertz CT molecular complexity index is 712. The maximum Gasteiger partial charge on any atom is 0.322 e. The fraction of sp³-hybridized carbons (Fsp3) is 0.316. The molecule has 1 unspecified atom stereocenters. The van der Waals surface area contributed by atoms with Gasteiger partial charge in [0.25, 0.3) is 0 Å². The molecule has 4 heteroatoms. The Morgan fingerprint density at radius 2 is 1.87 bits per heavy atom. The fourth-order valence-electron chi connectivity index (χ4n) is 3.06. The Kier molecular flexibility index (Phi) is 4.58. The predicted molar refractivity (Wildman–Crippen MR) is 95.1 cm³/mol. The van der Waals surface area contributed by atoms with E-state index in [9.17, 15) is 4.79 Å². The second-order valence-corrected chi connectivity index (χ2v) is 6.57. The largest absolute Gasteiger partial charge is 0.322 e. The first-order valence-corrected chi connectivity index (χ1v) is 8.33. The summed E-state index contributed by atoms with van der Waals surface area (Å²) >= 11 is 5.96. The van der Waals surface area contributed by atoms with E-state index in [0.717, 1.165) is 35.7 Å². The van der Waals surface area contributed by atoms with Crippen LogP contribution < -0.4 is 5.32 Å². The molecule has 3 rings (SSSR count). The van der Waals surface area contributed by atoms with E-state index in [4.69, 9.17) is 11.6 Å². The van der Waals surface area contributed by atoms with Crippen LogP contribution in [-0.4, -0.2) is 17.5 Å². The maximum atomic E-state index is 12.7. The molecule has 0 spiro atoms. The summed E-state index contributed by atoms with van der Waals surface area (Å²) < 4.78 is 0. The van der Waals surface area contributed by atoms with Crippen molar-refractivity contribution in [1.29, 1.82) is 0 Å². The average molecular weight is 329 g/mol. The van der Waals surface area contributed by atoms with E-state index in [1.807, 2.05) is 47.4 Å². The van der Waals surface area contributed by atoms with E-state index < -0.39 is 0 Å². The van der Waals surface area contributed by atoms with E-state index in [2.05, 4.69) is 19.2 Å². The molecular weight excluding hydrogens is 308 g/mol. The maximum absolute atomic E-state index is 12.7. The topological polar surface area (TPSA) is 32.3 Å². The Hall–Kier alpha value is -2.00. The smallest absolute Gasteiger partial charge is 0.317 e. The third-order valence-corrected chi connectivity index (χ3v) is 4.78. The minimum atomic E-state index is -0.0364. The van der Waals surface area contributed by atoms with Gasteiger partial charge in [-0.2, -0.15) is 0 Å². The quantitative estimate of drug-likeness (QED) is 0.794. The molecule has 1 aliphatic heterocycles. The number of carbonyl (C=O) groups excluding carboxylic acids is 1. The van der Waals surface area contributed by atoms with E-state index in [1.54, 1.807) is 0 Å². The molecule has 0 saturated carbocycles. The van der Waals surface area contributed by atoms with E-state index in [0.29, 0.717) is 0 Å². The molecule has 2 amide bonds. The first-order chi connectivity index (χ1) is 11.0. The zero-order chi connectivity index (χ0) is 16.4. The monoisotopic (exact) mass is 328 g/mol. The Morgan fingerprint density at radius 3 is 2.57 bits per heavy atom. The van der Waals surface area contributed by atoms with Crippen LogP contribution in [0.3, 0.4) is 0 Å². The highest BCUT2D eigenvalue weighted by Crippen LogP contribution is 2.33. The first-order valence-electron chi connectivity index (χ1n) is 7.95. The fourth-order valence-corrected chi connectivity index (χ4v) is 3.18. The van der Waals surface area contributed by atoms with Crippen LogP contribution in [0.1, 0.15) is 35.6 Å². The molecule has 120 valence electrons. The van der Waals surface area contributed by atoms with Gasteiger partial charge in [0.15, 0.2) is 0 Å². The minimum absolute atomic E-state index is 0.0364. The molecule has 23 heavy (non-hydrogen) atoms. The first kappa shape index (κ1) is 15.9. The molecule has 0 aliphatic carbocycles. The highest BCUT2D eigenvalue weighted by molar-refractivity contribution is 6.30. The number of nitrogens with one attached hydrogen (secondary N) is 1. The third kappa shape index (κ3) is 3.50. The van der Waals surface area contributed by atoms with E-state index >= 15 is 0 Å². The number of rotatable bonds is 2. The van der Waals surface area contributed by atoms with Gasteiger partial charge in [0.2, 0.25) is 0 Å². The van der Waals surface area contributed by atoms with Crippen molar-refractivity contribution in [2.75, 3.05) is 11.9 Å². The van der Waals surface area contributed by atoms with Gasteiger partial charge in [0.1, 0.15) is 0 Å². The number of benzene rings is 2. The molecule has 3 nitrogen and oxygen atoms in total. The van der Waals surface area contributed by atoms with E-state index in [-0.39, 0.29) is 12.1 Å². The number of hydrogen-bond donors (Lipinski definition) is 1. The molecular formula is C19H21ClN2O. The van der Waals surface area contributed by atoms with Crippen molar-refractivity contribution >= 4 is 23.3 Å². The van der Waals surface area contributed by atoms with Crippen LogP contribution in [-0.2, 0) is 0 Å². The summed E-state index contributed by atoms with van der Waals surface area (Å²) in [6.45, 7) is 4.90. The van der Waals surface area contributed by atoms with Crippen LogP contribution in [0.4, 0.5) is 10.5 Å². The number of amides is 2. The summed E-state index contributed by atoms with van der Waals surface area (Å²) in [5.74, 6) is 0. The summed E-state index contributed by atoms with van der Waals surface area (Å²) in [5.41, 5.74) is 4.39. The molecule has 0 radical (unpaired) electrons. The molecule has 1 fully saturated rings. The normalized spacial score (nSPS) is 17.3. The van der Waals surface area contributed by atoms with Gasteiger partial charge in [0.05, 0.1) is 6.04 Å². The van der Waals surface area contributed by atoms with Gasteiger partial charge in [-0.15, -0.1) is 0 Å². The van der Waals surface area contributed by atoms with Crippen molar-refractivity contribution in [3.8, 4) is 0 Å². The summed E-state index contributed by atoms with van der Waals surface area (Å²) in [6, 6.07) is 13.9. The van der Waals surface area contributed by atoms with Crippen molar-refractivity contribution in [2.24, 2.45) is 0 Å². The van der Waals surface area contributed by atoms with E-state index in [1.165, 1.54) is 11.1 Å². The molecule has 1 atom stereocenters. The highest BCUT2D eigenvalue weighted by atomic mass is 35.5. The van der Waals surface area contributed by atoms with Crippen LogP contribution in [0.5, 0.6) is 0 Å². The molecule has 1 N–H and O–H groups in total. The molecule has 0 bridgehead atoms. The van der Waals surface area contributed by atoms with Crippen LogP contribution in [0.2, 0.25) is 5.02 Å². The van der Waals surface area contributed by atoms with Gasteiger partial charge in [-0.25, -0.2) is 4.79 Å². The average Bonchev–Trinajstić information content (AvgIpc) is 3.01. The molecule has 1 heterocycles. The van der Waals surface area contributed by atoms with Crippen LogP contribution in [0.15, 0.2) is 42.5 Å². The second-order valence-electron chi connectivity index (χ2n) is 6.13. The van der Waals surface area contributed by atoms with Gasteiger partial charge in [0, 0.05) is 17.3 Å². The number of halogens is 1. The van der Waals surface area contributed by atoms with Crippen LogP contribution in [0.25, 0.3) is 0 Å². The Balaban J connectivity index is 1.75.